The number of rotatable bonds is 6. The monoisotopic (exact) mass is 397 g/mol. The van der Waals surface area contributed by atoms with Crippen molar-refractivity contribution in [1.82, 2.24) is 10.2 Å². The molecule has 150 valence electrons. The third-order valence-electron chi connectivity index (χ3n) is 4.93. The maximum absolute atomic E-state index is 13.3. The van der Waals surface area contributed by atoms with E-state index >= 15 is 0 Å². The van der Waals surface area contributed by atoms with Crippen molar-refractivity contribution in [2.75, 3.05) is 11.9 Å². The van der Waals surface area contributed by atoms with Crippen molar-refractivity contribution < 1.29 is 23.6 Å². The van der Waals surface area contributed by atoms with Crippen LogP contribution in [0.3, 0.4) is 0 Å². The lowest BCUT2D eigenvalue weighted by atomic mass is 9.87. The number of para-hydroxylation sites is 1. The highest BCUT2D eigenvalue weighted by Crippen LogP contribution is 2.32. The fraction of sp³-hybridized carbons (Fsp3) is 0.238. The summed E-state index contributed by atoms with van der Waals surface area (Å²) in [6, 6.07) is 11.0. The van der Waals surface area contributed by atoms with E-state index in [2.05, 4.69) is 10.6 Å². The number of amides is 4. The lowest BCUT2D eigenvalue weighted by molar-refractivity contribution is -0.134. The zero-order chi connectivity index (χ0) is 21.2. The largest absolute Gasteiger partial charge is 0.325 e. The van der Waals surface area contributed by atoms with Gasteiger partial charge in [-0.1, -0.05) is 31.2 Å². The first kappa shape index (κ1) is 20.2. The number of halogens is 1. The first-order chi connectivity index (χ1) is 13.8. The van der Waals surface area contributed by atoms with Crippen LogP contribution in [0.1, 0.15) is 36.2 Å². The number of urea groups is 1. The zero-order valence-corrected chi connectivity index (χ0v) is 16.0. The molecule has 1 unspecified atom stereocenters. The van der Waals surface area contributed by atoms with Crippen LogP contribution in [0.2, 0.25) is 0 Å². The highest BCUT2D eigenvalue weighted by Gasteiger charge is 2.51. The average molecular weight is 397 g/mol. The number of imide groups is 1. The molecule has 2 N–H and O–H groups in total. The number of hydrogen-bond donors (Lipinski definition) is 2. The summed E-state index contributed by atoms with van der Waals surface area (Å²) in [5, 5.41) is 5.20. The Morgan fingerprint density at radius 2 is 1.76 bits per heavy atom. The molecular weight excluding hydrogens is 377 g/mol. The lowest BCUT2D eigenvalue weighted by Gasteiger charge is -2.25. The third-order valence-corrected chi connectivity index (χ3v) is 4.93. The Balaban J connectivity index is 1.80. The van der Waals surface area contributed by atoms with E-state index in [0.717, 1.165) is 4.90 Å². The van der Waals surface area contributed by atoms with Gasteiger partial charge in [0.15, 0.2) is 5.78 Å². The second-order valence-corrected chi connectivity index (χ2v) is 6.74. The van der Waals surface area contributed by atoms with Crippen LogP contribution < -0.4 is 10.6 Å². The summed E-state index contributed by atoms with van der Waals surface area (Å²) >= 11 is 0. The quantitative estimate of drug-likeness (QED) is 0.579. The van der Waals surface area contributed by atoms with Crippen molar-refractivity contribution in [2.45, 2.75) is 25.8 Å². The van der Waals surface area contributed by atoms with E-state index in [9.17, 15) is 23.6 Å². The van der Waals surface area contributed by atoms with Gasteiger partial charge in [0.2, 0.25) is 5.91 Å². The molecule has 1 aliphatic rings. The molecule has 0 saturated carbocycles. The topological polar surface area (TPSA) is 95.6 Å². The Morgan fingerprint density at radius 3 is 2.38 bits per heavy atom. The highest BCUT2D eigenvalue weighted by atomic mass is 19.1. The summed E-state index contributed by atoms with van der Waals surface area (Å²) in [5.74, 6) is -1.89. The van der Waals surface area contributed by atoms with E-state index < -0.39 is 35.7 Å². The standard InChI is InChI=1S/C21H20FN3O4/c1-3-21(14-8-10-15(22)11-9-14)19(28)25(20(29)24-21)12-18(27)23-17-7-5-4-6-16(17)13(2)26/h4-11H,3,12H2,1-2H3,(H,23,27)(H,24,29). The molecule has 1 heterocycles. The predicted octanol–water partition coefficient (Wildman–Crippen LogP) is 2.82. The fourth-order valence-corrected chi connectivity index (χ4v) is 3.38. The van der Waals surface area contributed by atoms with Crippen molar-refractivity contribution in [3.63, 3.8) is 0 Å². The van der Waals surface area contributed by atoms with Gasteiger partial charge in [0.25, 0.3) is 5.91 Å². The van der Waals surface area contributed by atoms with E-state index in [1.54, 1.807) is 31.2 Å². The molecule has 1 aliphatic heterocycles. The van der Waals surface area contributed by atoms with Crippen LogP contribution in [-0.4, -0.2) is 35.1 Å². The molecule has 0 radical (unpaired) electrons. The molecule has 2 aromatic carbocycles. The average Bonchev–Trinajstić information content (AvgIpc) is 2.94. The fourth-order valence-electron chi connectivity index (χ4n) is 3.38. The maximum Gasteiger partial charge on any atom is 0.325 e. The lowest BCUT2D eigenvalue weighted by Crippen LogP contribution is -2.44. The summed E-state index contributed by atoms with van der Waals surface area (Å²) < 4.78 is 13.3. The molecule has 0 aromatic heterocycles. The molecule has 1 atom stereocenters. The molecular formula is C21H20FN3O4. The molecule has 4 amide bonds. The van der Waals surface area contributed by atoms with Crippen LogP contribution in [0.4, 0.5) is 14.9 Å². The number of nitrogens with one attached hydrogen (secondary N) is 2. The van der Waals surface area contributed by atoms with Crippen LogP contribution >= 0.6 is 0 Å². The van der Waals surface area contributed by atoms with Crippen molar-refractivity contribution in [2.24, 2.45) is 0 Å². The third kappa shape index (κ3) is 3.73. The SMILES string of the molecule is CCC1(c2ccc(F)cc2)NC(=O)N(CC(=O)Nc2ccccc2C(C)=O)C1=O. The summed E-state index contributed by atoms with van der Waals surface area (Å²) in [6.45, 7) is 2.58. The summed E-state index contributed by atoms with van der Waals surface area (Å²) in [4.78, 5) is 50.5. The second kappa shape index (κ2) is 7.83. The van der Waals surface area contributed by atoms with E-state index in [4.69, 9.17) is 0 Å². The first-order valence-electron chi connectivity index (χ1n) is 9.08. The van der Waals surface area contributed by atoms with Crippen molar-refractivity contribution in [3.8, 4) is 0 Å². The van der Waals surface area contributed by atoms with Crippen LogP contribution in [0, 0.1) is 5.82 Å². The molecule has 0 bridgehead atoms. The van der Waals surface area contributed by atoms with Gasteiger partial charge in [-0.3, -0.25) is 19.3 Å². The Morgan fingerprint density at radius 1 is 1.10 bits per heavy atom. The molecule has 2 aromatic rings. The summed E-state index contributed by atoms with van der Waals surface area (Å²) in [6.07, 6.45) is 0.231. The zero-order valence-electron chi connectivity index (χ0n) is 16.0. The molecule has 8 heteroatoms. The predicted molar refractivity (Wildman–Crippen MR) is 104 cm³/mol. The summed E-state index contributed by atoms with van der Waals surface area (Å²) in [7, 11) is 0. The number of nitrogens with zero attached hydrogens (tertiary/aromatic N) is 1. The highest BCUT2D eigenvalue weighted by molar-refractivity contribution is 6.11. The Hall–Kier alpha value is -3.55. The van der Waals surface area contributed by atoms with Gasteiger partial charge >= 0.3 is 6.03 Å². The van der Waals surface area contributed by atoms with Gasteiger partial charge < -0.3 is 10.6 Å². The number of carbonyl (C=O) groups excluding carboxylic acids is 4. The molecule has 3 rings (SSSR count). The van der Waals surface area contributed by atoms with Gasteiger partial charge in [0.05, 0.1) is 5.69 Å². The minimum Gasteiger partial charge on any atom is -0.324 e. The van der Waals surface area contributed by atoms with Crippen molar-refractivity contribution >= 4 is 29.3 Å². The van der Waals surface area contributed by atoms with Crippen LogP contribution in [0.15, 0.2) is 48.5 Å². The molecule has 7 nitrogen and oxygen atoms in total. The van der Waals surface area contributed by atoms with Crippen molar-refractivity contribution in [3.05, 3.63) is 65.5 Å². The van der Waals surface area contributed by atoms with Crippen LogP contribution in [-0.2, 0) is 15.1 Å². The Kier molecular flexibility index (Phi) is 5.45. The molecule has 29 heavy (non-hydrogen) atoms. The summed E-state index contributed by atoms with van der Waals surface area (Å²) in [5.41, 5.74) is -0.295. The molecule has 0 spiro atoms. The van der Waals surface area contributed by atoms with E-state index in [1.807, 2.05) is 0 Å². The molecule has 1 fully saturated rings. The van der Waals surface area contributed by atoms with Gasteiger partial charge in [-0.25, -0.2) is 9.18 Å². The van der Waals surface area contributed by atoms with Gasteiger partial charge in [-0.05, 0) is 43.2 Å². The number of Topliss-reactive ketones (excluding diaryl/α,β-unsaturated/α-hetero) is 1. The number of anilines is 1. The smallest absolute Gasteiger partial charge is 0.324 e. The maximum atomic E-state index is 13.3. The Labute approximate surface area is 166 Å². The van der Waals surface area contributed by atoms with Gasteiger partial charge in [-0.15, -0.1) is 0 Å². The van der Waals surface area contributed by atoms with Crippen LogP contribution in [0.25, 0.3) is 0 Å². The Bertz CT molecular complexity index is 990. The van der Waals surface area contributed by atoms with E-state index in [1.165, 1.54) is 31.2 Å². The van der Waals surface area contributed by atoms with E-state index in [0.29, 0.717) is 16.8 Å². The minimum absolute atomic E-state index is 0.225. The number of hydrogen-bond acceptors (Lipinski definition) is 4. The second-order valence-electron chi connectivity index (χ2n) is 6.74. The normalized spacial score (nSPS) is 18.5. The van der Waals surface area contributed by atoms with Crippen molar-refractivity contribution in [1.29, 1.82) is 0 Å². The van der Waals surface area contributed by atoms with Gasteiger partial charge in [-0.2, -0.15) is 0 Å². The molecule has 1 saturated heterocycles. The van der Waals surface area contributed by atoms with Gasteiger partial charge in [0.1, 0.15) is 17.9 Å². The number of carbonyl (C=O) groups is 4. The minimum atomic E-state index is -1.36. The number of benzene rings is 2. The molecule has 0 aliphatic carbocycles. The number of ketones is 1. The van der Waals surface area contributed by atoms with Gasteiger partial charge in [0, 0.05) is 5.56 Å². The first-order valence-corrected chi connectivity index (χ1v) is 9.08. The van der Waals surface area contributed by atoms with Crippen LogP contribution in [0.5, 0.6) is 0 Å². The van der Waals surface area contributed by atoms with E-state index in [-0.39, 0.29) is 12.2 Å².